The van der Waals surface area contributed by atoms with Gasteiger partial charge in [-0.15, -0.1) is 0 Å². The van der Waals surface area contributed by atoms with Gasteiger partial charge in [-0.1, -0.05) is 11.6 Å². The lowest BCUT2D eigenvalue weighted by Gasteiger charge is -2.22. The first kappa shape index (κ1) is 14.2. The van der Waals surface area contributed by atoms with Gasteiger partial charge >= 0.3 is 0 Å². The van der Waals surface area contributed by atoms with Crippen LogP contribution >= 0.6 is 11.6 Å². The zero-order valence-electron chi connectivity index (χ0n) is 11.1. The Hall–Kier alpha value is -1.70. The molecule has 0 aliphatic carbocycles. The Morgan fingerprint density at radius 2 is 2.10 bits per heavy atom. The lowest BCUT2D eigenvalue weighted by Crippen LogP contribution is -2.37. The summed E-state index contributed by atoms with van der Waals surface area (Å²) in [5.74, 6) is -1.07. The monoisotopic (exact) mass is 312 g/mol. The summed E-state index contributed by atoms with van der Waals surface area (Å²) in [7, 11) is 0. The number of amides is 1. The molecular formula is C13H13ClN2O5. The highest BCUT2D eigenvalue weighted by molar-refractivity contribution is 6.33. The SMILES string of the molecule is O=C(c1cc([N+](=O)[O-])ccc1Cl)N1CCC2(C1)OCCO2. The topological polar surface area (TPSA) is 81.9 Å². The zero-order valence-corrected chi connectivity index (χ0v) is 11.8. The third-order valence-corrected chi connectivity index (χ3v) is 4.02. The minimum Gasteiger partial charge on any atom is -0.346 e. The quantitative estimate of drug-likeness (QED) is 0.614. The number of benzene rings is 1. The minimum atomic E-state index is -0.719. The number of hydrogen-bond acceptors (Lipinski definition) is 5. The molecule has 112 valence electrons. The number of carbonyl (C=O) groups excluding carboxylic acids is 1. The van der Waals surface area contributed by atoms with Crippen LogP contribution in [0, 0.1) is 10.1 Å². The van der Waals surface area contributed by atoms with Crippen LogP contribution in [0.25, 0.3) is 0 Å². The van der Waals surface area contributed by atoms with Crippen LogP contribution in [0.3, 0.4) is 0 Å². The Labute approximate surface area is 125 Å². The van der Waals surface area contributed by atoms with Crippen molar-refractivity contribution in [3.63, 3.8) is 0 Å². The maximum absolute atomic E-state index is 12.5. The van der Waals surface area contributed by atoms with E-state index in [2.05, 4.69) is 0 Å². The summed E-state index contributed by atoms with van der Waals surface area (Å²) < 4.78 is 11.1. The fourth-order valence-corrected chi connectivity index (χ4v) is 2.82. The van der Waals surface area contributed by atoms with Crippen LogP contribution in [0.15, 0.2) is 18.2 Å². The standard InChI is InChI=1S/C13H13ClN2O5/c14-11-2-1-9(16(18)19)7-10(11)12(17)15-4-3-13(8-15)20-5-6-21-13/h1-2,7H,3-6,8H2. The zero-order chi connectivity index (χ0) is 15.0. The van der Waals surface area contributed by atoms with Crippen molar-refractivity contribution in [1.29, 1.82) is 0 Å². The Balaban J connectivity index is 1.82. The third kappa shape index (κ3) is 2.59. The van der Waals surface area contributed by atoms with E-state index in [1.54, 1.807) is 4.90 Å². The largest absolute Gasteiger partial charge is 0.346 e. The number of non-ortho nitro benzene ring substituents is 1. The normalized spacial score (nSPS) is 20.1. The molecule has 1 amide bonds. The van der Waals surface area contributed by atoms with E-state index in [-0.39, 0.29) is 22.2 Å². The van der Waals surface area contributed by atoms with Crippen LogP contribution in [-0.4, -0.2) is 47.8 Å². The molecule has 0 bridgehead atoms. The summed E-state index contributed by atoms with van der Waals surface area (Å²) in [6, 6.07) is 3.83. The number of nitro benzene ring substituents is 1. The van der Waals surface area contributed by atoms with Crippen molar-refractivity contribution in [3.8, 4) is 0 Å². The van der Waals surface area contributed by atoms with E-state index in [0.29, 0.717) is 32.7 Å². The lowest BCUT2D eigenvalue weighted by atomic mass is 10.1. The molecule has 2 saturated heterocycles. The lowest BCUT2D eigenvalue weighted by molar-refractivity contribution is -0.384. The van der Waals surface area contributed by atoms with E-state index in [9.17, 15) is 14.9 Å². The highest BCUT2D eigenvalue weighted by Gasteiger charge is 2.45. The second kappa shape index (κ2) is 5.25. The summed E-state index contributed by atoms with van der Waals surface area (Å²) in [5, 5.41) is 11.0. The number of carbonyl (C=O) groups is 1. The maximum Gasteiger partial charge on any atom is 0.270 e. The van der Waals surface area contributed by atoms with Gasteiger partial charge < -0.3 is 14.4 Å². The van der Waals surface area contributed by atoms with Gasteiger partial charge in [-0.25, -0.2) is 0 Å². The average Bonchev–Trinajstić information content (AvgIpc) is 3.09. The van der Waals surface area contributed by atoms with Gasteiger partial charge in [0, 0.05) is 25.1 Å². The molecule has 2 aliphatic rings. The molecule has 0 saturated carbocycles. The molecule has 3 rings (SSSR count). The number of nitro groups is 1. The van der Waals surface area contributed by atoms with E-state index in [1.807, 2.05) is 0 Å². The summed E-state index contributed by atoms with van der Waals surface area (Å²) in [5.41, 5.74) is -0.0362. The molecule has 0 unspecified atom stereocenters. The first-order valence-corrected chi connectivity index (χ1v) is 6.90. The molecule has 8 heteroatoms. The van der Waals surface area contributed by atoms with Crippen LogP contribution in [0.4, 0.5) is 5.69 Å². The van der Waals surface area contributed by atoms with E-state index in [0.717, 1.165) is 0 Å². The Bertz CT molecular complexity index is 600. The van der Waals surface area contributed by atoms with Crippen molar-refractivity contribution >= 4 is 23.2 Å². The first-order valence-electron chi connectivity index (χ1n) is 6.52. The van der Waals surface area contributed by atoms with Crippen LogP contribution in [0.2, 0.25) is 5.02 Å². The predicted molar refractivity (Wildman–Crippen MR) is 73.3 cm³/mol. The van der Waals surface area contributed by atoms with Gasteiger partial charge in [-0.2, -0.15) is 0 Å². The summed E-state index contributed by atoms with van der Waals surface area (Å²) in [4.78, 5) is 24.3. The van der Waals surface area contributed by atoms with Crippen LogP contribution < -0.4 is 0 Å². The van der Waals surface area contributed by atoms with E-state index >= 15 is 0 Å². The van der Waals surface area contributed by atoms with Crippen molar-refractivity contribution < 1.29 is 19.2 Å². The van der Waals surface area contributed by atoms with Gasteiger partial charge in [0.1, 0.15) is 0 Å². The van der Waals surface area contributed by atoms with E-state index < -0.39 is 10.7 Å². The van der Waals surface area contributed by atoms with Crippen molar-refractivity contribution in [2.45, 2.75) is 12.2 Å². The van der Waals surface area contributed by atoms with Crippen LogP contribution in [0.5, 0.6) is 0 Å². The van der Waals surface area contributed by atoms with Gasteiger partial charge in [0.05, 0.1) is 35.3 Å². The van der Waals surface area contributed by atoms with E-state index in [1.165, 1.54) is 18.2 Å². The van der Waals surface area contributed by atoms with Gasteiger partial charge in [0.15, 0.2) is 5.79 Å². The maximum atomic E-state index is 12.5. The summed E-state index contributed by atoms with van der Waals surface area (Å²) in [6.07, 6.45) is 0.589. The Morgan fingerprint density at radius 3 is 2.76 bits per heavy atom. The summed E-state index contributed by atoms with van der Waals surface area (Å²) in [6.45, 7) is 1.81. The molecule has 2 fully saturated rings. The number of halogens is 1. The third-order valence-electron chi connectivity index (χ3n) is 3.69. The molecule has 7 nitrogen and oxygen atoms in total. The molecule has 21 heavy (non-hydrogen) atoms. The molecule has 2 heterocycles. The summed E-state index contributed by atoms with van der Waals surface area (Å²) >= 11 is 5.99. The van der Waals surface area contributed by atoms with Gasteiger partial charge in [-0.3, -0.25) is 14.9 Å². The highest BCUT2D eigenvalue weighted by atomic mass is 35.5. The average molecular weight is 313 g/mol. The molecule has 2 aliphatic heterocycles. The molecular weight excluding hydrogens is 300 g/mol. The number of likely N-dealkylation sites (tertiary alicyclic amines) is 1. The molecule has 1 spiro atoms. The van der Waals surface area contributed by atoms with Gasteiger partial charge in [0.25, 0.3) is 11.6 Å². The van der Waals surface area contributed by atoms with Crippen molar-refractivity contribution in [2.75, 3.05) is 26.3 Å². The number of nitrogens with zero attached hydrogens (tertiary/aromatic N) is 2. The molecule has 0 atom stereocenters. The van der Waals surface area contributed by atoms with Crippen molar-refractivity contribution in [1.82, 2.24) is 4.90 Å². The Kier molecular flexibility index (Phi) is 3.56. The number of ether oxygens (including phenoxy) is 2. The van der Waals surface area contributed by atoms with Crippen LogP contribution in [0.1, 0.15) is 16.8 Å². The molecule has 0 aromatic heterocycles. The van der Waals surface area contributed by atoms with Crippen molar-refractivity contribution in [2.24, 2.45) is 0 Å². The highest BCUT2D eigenvalue weighted by Crippen LogP contribution is 2.32. The second-order valence-electron chi connectivity index (χ2n) is 5.01. The smallest absolute Gasteiger partial charge is 0.270 e. The molecule has 0 radical (unpaired) electrons. The van der Waals surface area contributed by atoms with Crippen LogP contribution in [-0.2, 0) is 9.47 Å². The first-order chi connectivity index (χ1) is 10.0. The number of rotatable bonds is 2. The molecule has 1 aromatic carbocycles. The minimum absolute atomic E-state index is 0.126. The van der Waals surface area contributed by atoms with Crippen molar-refractivity contribution in [3.05, 3.63) is 38.9 Å². The van der Waals surface area contributed by atoms with Gasteiger partial charge in [0.2, 0.25) is 0 Å². The fourth-order valence-electron chi connectivity index (χ4n) is 2.62. The molecule has 1 aromatic rings. The predicted octanol–water partition coefficient (Wildman–Crippen LogP) is 1.84. The van der Waals surface area contributed by atoms with E-state index in [4.69, 9.17) is 21.1 Å². The van der Waals surface area contributed by atoms with Gasteiger partial charge in [-0.05, 0) is 6.07 Å². The fraction of sp³-hybridized carbons (Fsp3) is 0.462. The Morgan fingerprint density at radius 1 is 1.38 bits per heavy atom. The number of hydrogen-bond donors (Lipinski definition) is 0. The molecule has 0 N–H and O–H groups in total. The second-order valence-corrected chi connectivity index (χ2v) is 5.41.